The second-order valence-corrected chi connectivity index (χ2v) is 5.06. The minimum Gasteiger partial charge on any atom is -0.364 e. The fourth-order valence-electron chi connectivity index (χ4n) is 2.39. The highest BCUT2D eigenvalue weighted by Crippen LogP contribution is 2.21. The van der Waals surface area contributed by atoms with E-state index in [1.165, 1.54) is 38.9 Å². The monoisotopic (exact) mass is 221 g/mol. The number of aromatic nitrogens is 1. The topological polar surface area (TPSA) is 41.3 Å². The van der Waals surface area contributed by atoms with Gasteiger partial charge in [0.1, 0.15) is 6.26 Å². The lowest BCUT2D eigenvalue weighted by molar-refractivity contribution is 0.300. The molecule has 1 aliphatic carbocycles. The van der Waals surface area contributed by atoms with Crippen LogP contribution in [0.1, 0.15) is 25.0 Å². The van der Waals surface area contributed by atoms with E-state index < -0.39 is 0 Å². The van der Waals surface area contributed by atoms with Crippen LogP contribution in [0, 0.1) is 5.92 Å². The van der Waals surface area contributed by atoms with Gasteiger partial charge < -0.3 is 9.84 Å². The third-order valence-corrected chi connectivity index (χ3v) is 3.52. The van der Waals surface area contributed by atoms with E-state index in [0.29, 0.717) is 0 Å². The fraction of sp³-hybridized carbons (Fsp3) is 0.750. The van der Waals surface area contributed by atoms with Crippen LogP contribution in [0.3, 0.4) is 0 Å². The van der Waals surface area contributed by atoms with Crippen molar-refractivity contribution in [3.05, 3.63) is 18.0 Å². The summed E-state index contributed by atoms with van der Waals surface area (Å²) in [6, 6.07) is 2.79. The van der Waals surface area contributed by atoms with E-state index in [2.05, 4.69) is 15.4 Å². The molecule has 1 unspecified atom stereocenters. The molecule has 1 saturated heterocycles. The Morgan fingerprint density at radius 3 is 3.12 bits per heavy atom. The third-order valence-electron chi connectivity index (χ3n) is 3.52. The van der Waals surface area contributed by atoms with Crippen molar-refractivity contribution in [1.82, 2.24) is 15.4 Å². The molecule has 2 fully saturated rings. The highest BCUT2D eigenvalue weighted by atomic mass is 16.5. The Hall–Kier alpha value is -0.870. The minimum absolute atomic E-state index is 0.826. The van der Waals surface area contributed by atoms with E-state index >= 15 is 0 Å². The molecular weight excluding hydrogens is 202 g/mol. The smallest absolute Gasteiger partial charge is 0.124 e. The molecule has 1 N–H and O–H groups in total. The second kappa shape index (κ2) is 4.55. The maximum absolute atomic E-state index is 4.85. The van der Waals surface area contributed by atoms with E-state index in [9.17, 15) is 0 Å². The van der Waals surface area contributed by atoms with Crippen molar-refractivity contribution in [1.29, 1.82) is 0 Å². The Balaban J connectivity index is 1.41. The van der Waals surface area contributed by atoms with Gasteiger partial charge in [-0.05, 0) is 38.3 Å². The lowest BCUT2D eigenvalue weighted by Crippen LogP contribution is -2.27. The molecule has 2 aliphatic rings. The summed E-state index contributed by atoms with van der Waals surface area (Å²) in [5, 5.41) is 7.57. The van der Waals surface area contributed by atoms with Crippen molar-refractivity contribution in [2.75, 3.05) is 19.6 Å². The molecule has 1 aliphatic heterocycles. The normalized spacial score (nSPS) is 26.4. The lowest BCUT2D eigenvalue weighted by atomic mass is 10.1. The average Bonchev–Trinajstić information content (AvgIpc) is 2.78. The molecule has 88 valence electrons. The molecule has 4 nitrogen and oxygen atoms in total. The number of nitrogens with one attached hydrogen (secondary N) is 1. The van der Waals surface area contributed by atoms with Crippen LogP contribution in [-0.2, 0) is 6.54 Å². The zero-order chi connectivity index (χ0) is 10.8. The van der Waals surface area contributed by atoms with Gasteiger partial charge in [0, 0.05) is 25.2 Å². The Kier molecular flexibility index (Phi) is 2.93. The minimum atomic E-state index is 0.826. The first-order valence-corrected chi connectivity index (χ1v) is 6.25. The highest BCUT2D eigenvalue weighted by Gasteiger charge is 2.26. The van der Waals surface area contributed by atoms with Crippen LogP contribution in [0.25, 0.3) is 0 Å². The zero-order valence-electron chi connectivity index (χ0n) is 9.56. The van der Waals surface area contributed by atoms with Crippen molar-refractivity contribution in [3.8, 4) is 0 Å². The van der Waals surface area contributed by atoms with Gasteiger partial charge in [0.25, 0.3) is 0 Å². The van der Waals surface area contributed by atoms with Crippen molar-refractivity contribution in [2.24, 2.45) is 5.92 Å². The number of rotatable bonds is 5. The predicted octanol–water partition coefficient (Wildman–Crippen LogP) is 1.25. The van der Waals surface area contributed by atoms with Crippen LogP contribution in [0.4, 0.5) is 0 Å². The van der Waals surface area contributed by atoms with Crippen LogP contribution in [0.2, 0.25) is 0 Å². The van der Waals surface area contributed by atoms with E-state index in [1.807, 2.05) is 6.07 Å². The molecule has 1 aromatic rings. The first-order chi connectivity index (χ1) is 7.90. The summed E-state index contributed by atoms with van der Waals surface area (Å²) in [5.41, 5.74) is 1.05. The van der Waals surface area contributed by atoms with Gasteiger partial charge >= 0.3 is 0 Å². The Bertz CT molecular complexity index is 321. The second-order valence-electron chi connectivity index (χ2n) is 5.06. The van der Waals surface area contributed by atoms with Crippen molar-refractivity contribution in [3.63, 3.8) is 0 Å². The fourth-order valence-corrected chi connectivity index (χ4v) is 2.39. The summed E-state index contributed by atoms with van der Waals surface area (Å²) >= 11 is 0. The molecule has 0 aromatic carbocycles. The van der Waals surface area contributed by atoms with Crippen LogP contribution in [0.5, 0.6) is 0 Å². The Morgan fingerprint density at radius 2 is 2.38 bits per heavy atom. The van der Waals surface area contributed by atoms with Gasteiger partial charge in [0.05, 0.1) is 5.69 Å². The number of nitrogens with zero attached hydrogens (tertiary/aromatic N) is 2. The number of hydrogen-bond acceptors (Lipinski definition) is 4. The molecule has 0 radical (unpaired) electrons. The van der Waals surface area contributed by atoms with Gasteiger partial charge in [-0.1, -0.05) is 5.16 Å². The van der Waals surface area contributed by atoms with Crippen molar-refractivity contribution < 1.29 is 4.52 Å². The largest absolute Gasteiger partial charge is 0.364 e. The SMILES string of the molecule is c1cc(CN2CCC(CNC3CC3)C2)no1. The summed E-state index contributed by atoms with van der Waals surface area (Å²) in [4.78, 5) is 2.47. The molecule has 4 heteroatoms. The van der Waals surface area contributed by atoms with E-state index in [-0.39, 0.29) is 0 Å². The van der Waals surface area contributed by atoms with Crippen LogP contribution >= 0.6 is 0 Å². The quantitative estimate of drug-likeness (QED) is 0.812. The van der Waals surface area contributed by atoms with Gasteiger partial charge in [0.2, 0.25) is 0 Å². The molecule has 16 heavy (non-hydrogen) atoms. The highest BCUT2D eigenvalue weighted by molar-refractivity contribution is 4.96. The Morgan fingerprint density at radius 1 is 1.44 bits per heavy atom. The third kappa shape index (κ3) is 2.62. The van der Waals surface area contributed by atoms with E-state index in [4.69, 9.17) is 4.52 Å². The standard InChI is InChI=1S/C12H19N3O/c1-2-11(1)13-7-10-3-5-15(8-10)9-12-4-6-16-14-12/h4,6,10-11,13H,1-3,5,7-9H2. The maximum Gasteiger partial charge on any atom is 0.124 e. The summed E-state index contributed by atoms with van der Waals surface area (Å²) in [6.07, 6.45) is 5.74. The van der Waals surface area contributed by atoms with Crippen LogP contribution in [-0.4, -0.2) is 35.7 Å². The molecule has 0 spiro atoms. The lowest BCUT2D eigenvalue weighted by Gasteiger charge is -2.14. The number of hydrogen-bond donors (Lipinski definition) is 1. The van der Waals surface area contributed by atoms with Crippen molar-refractivity contribution in [2.45, 2.75) is 31.8 Å². The van der Waals surface area contributed by atoms with Gasteiger partial charge in [-0.2, -0.15) is 0 Å². The van der Waals surface area contributed by atoms with Crippen LogP contribution < -0.4 is 5.32 Å². The van der Waals surface area contributed by atoms with Gasteiger partial charge in [-0.25, -0.2) is 0 Å². The molecule has 0 bridgehead atoms. The van der Waals surface area contributed by atoms with Crippen molar-refractivity contribution >= 4 is 0 Å². The summed E-state index contributed by atoms with van der Waals surface area (Å²) in [6.45, 7) is 4.53. The summed E-state index contributed by atoms with van der Waals surface area (Å²) in [7, 11) is 0. The molecule has 1 saturated carbocycles. The molecule has 1 atom stereocenters. The summed E-state index contributed by atoms with van der Waals surface area (Å²) < 4.78 is 4.85. The van der Waals surface area contributed by atoms with Crippen LogP contribution in [0.15, 0.2) is 16.9 Å². The zero-order valence-corrected chi connectivity index (χ0v) is 9.56. The van der Waals surface area contributed by atoms with E-state index in [0.717, 1.165) is 24.2 Å². The maximum atomic E-state index is 4.85. The van der Waals surface area contributed by atoms with Gasteiger partial charge in [0.15, 0.2) is 0 Å². The molecule has 3 rings (SSSR count). The molecular formula is C12H19N3O. The molecule has 1 aromatic heterocycles. The number of likely N-dealkylation sites (tertiary alicyclic amines) is 1. The first kappa shape index (κ1) is 10.3. The Labute approximate surface area is 96.0 Å². The van der Waals surface area contributed by atoms with Gasteiger partial charge in [-0.3, -0.25) is 4.90 Å². The van der Waals surface area contributed by atoms with Gasteiger partial charge in [-0.15, -0.1) is 0 Å². The average molecular weight is 221 g/mol. The molecule has 2 heterocycles. The van der Waals surface area contributed by atoms with E-state index in [1.54, 1.807) is 6.26 Å². The predicted molar refractivity (Wildman–Crippen MR) is 60.9 cm³/mol. The first-order valence-electron chi connectivity index (χ1n) is 6.25. The summed E-state index contributed by atoms with van der Waals surface area (Å²) in [5.74, 6) is 0.826. The molecule has 0 amide bonds.